The van der Waals surface area contributed by atoms with Gasteiger partial charge >= 0.3 is 0 Å². The summed E-state index contributed by atoms with van der Waals surface area (Å²) in [4.78, 5) is 11.9. The highest BCUT2D eigenvalue weighted by Crippen LogP contribution is 2.36. The molecule has 0 aliphatic heterocycles. The van der Waals surface area contributed by atoms with Gasteiger partial charge in [-0.15, -0.1) is 11.3 Å². The van der Waals surface area contributed by atoms with Crippen molar-refractivity contribution in [2.75, 3.05) is 5.32 Å². The van der Waals surface area contributed by atoms with Gasteiger partial charge in [-0.25, -0.2) is 0 Å². The number of hydrogen-bond donors (Lipinski definition) is 1. The first-order valence-corrected chi connectivity index (χ1v) is 8.06. The van der Waals surface area contributed by atoms with Crippen LogP contribution in [0, 0.1) is 27.0 Å². The molecule has 20 heavy (non-hydrogen) atoms. The summed E-state index contributed by atoms with van der Waals surface area (Å²) in [7, 11) is 0. The topological polar surface area (TPSA) is 52.9 Å². The van der Waals surface area contributed by atoms with Crippen LogP contribution in [-0.4, -0.2) is 5.91 Å². The smallest absolute Gasteiger partial charge is 0.227 e. The van der Waals surface area contributed by atoms with Crippen LogP contribution in [0.1, 0.15) is 43.9 Å². The molecule has 0 saturated heterocycles. The Labute approximate surface area is 128 Å². The molecular formula is C15H18N2OS2. The minimum Gasteiger partial charge on any atom is -0.316 e. The van der Waals surface area contributed by atoms with E-state index in [-0.39, 0.29) is 11.8 Å². The van der Waals surface area contributed by atoms with Crippen molar-refractivity contribution in [2.45, 2.75) is 40.0 Å². The third kappa shape index (κ3) is 2.92. The monoisotopic (exact) mass is 306 g/mol. The summed E-state index contributed by atoms with van der Waals surface area (Å²) in [6.45, 7) is 5.88. The fourth-order valence-corrected chi connectivity index (χ4v) is 3.80. The molecule has 1 atom stereocenters. The van der Waals surface area contributed by atoms with Gasteiger partial charge < -0.3 is 5.32 Å². The highest BCUT2D eigenvalue weighted by atomic mass is 32.1. The molecule has 2 rings (SSSR count). The second-order valence-electron chi connectivity index (χ2n) is 5.65. The number of fused-ring (bicyclic) bond motifs is 1. The maximum Gasteiger partial charge on any atom is 0.227 e. The molecule has 1 aliphatic carbocycles. The third-order valence-corrected chi connectivity index (χ3v) is 5.09. The highest BCUT2D eigenvalue weighted by molar-refractivity contribution is 7.73. The first kappa shape index (κ1) is 15.1. The highest BCUT2D eigenvalue weighted by Gasteiger charge is 2.23. The fourth-order valence-electron chi connectivity index (χ4n) is 2.40. The van der Waals surface area contributed by atoms with Crippen molar-refractivity contribution in [3.8, 4) is 6.07 Å². The fraction of sp³-hybridized carbons (Fsp3) is 0.533. The van der Waals surface area contributed by atoms with Crippen LogP contribution in [0.4, 0.5) is 5.00 Å². The lowest BCUT2D eigenvalue weighted by atomic mass is 9.85. The van der Waals surface area contributed by atoms with Gasteiger partial charge in [0.05, 0.1) is 9.39 Å². The molecule has 5 heteroatoms. The van der Waals surface area contributed by atoms with E-state index in [0.717, 1.165) is 34.2 Å². The van der Waals surface area contributed by atoms with Gasteiger partial charge in [-0.3, -0.25) is 4.79 Å². The van der Waals surface area contributed by atoms with Crippen LogP contribution < -0.4 is 5.32 Å². The minimum absolute atomic E-state index is 0.0729. The second kappa shape index (κ2) is 6.02. The van der Waals surface area contributed by atoms with Crippen LogP contribution in [0.5, 0.6) is 0 Å². The van der Waals surface area contributed by atoms with E-state index < -0.39 is 0 Å². The van der Waals surface area contributed by atoms with Crippen LogP contribution in [0.15, 0.2) is 0 Å². The first-order valence-electron chi connectivity index (χ1n) is 6.83. The number of nitrogens with one attached hydrogen (secondary N) is 1. The van der Waals surface area contributed by atoms with E-state index in [1.165, 1.54) is 11.3 Å². The van der Waals surface area contributed by atoms with Gasteiger partial charge in [0.1, 0.15) is 11.1 Å². The zero-order valence-corrected chi connectivity index (χ0v) is 13.6. The summed E-state index contributed by atoms with van der Waals surface area (Å²) in [6.07, 6.45) is 2.89. The predicted molar refractivity (Wildman–Crippen MR) is 84.5 cm³/mol. The van der Waals surface area contributed by atoms with E-state index in [1.54, 1.807) is 0 Å². The van der Waals surface area contributed by atoms with Gasteiger partial charge in [-0.05, 0) is 36.3 Å². The van der Waals surface area contributed by atoms with Gasteiger partial charge in [-0.2, -0.15) is 5.26 Å². The van der Waals surface area contributed by atoms with E-state index in [9.17, 15) is 10.1 Å². The summed E-state index contributed by atoms with van der Waals surface area (Å²) in [5.41, 5.74) is 2.80. The summed E-state index contributed by atoms with van der Waals surface area (Å²) in [6, 6.07) is 2.26. The number of rotatable bonds is 2. The van der Waals surface area contributed by atoms with Crippen molar-refractivity contribution < 1.29 is 4.79 Å². The summed E-state index contributed by atoms with van der Waals surface area (Å²) < 4.78 is 0.810. The number of nitrogens with zero attached hydrogens (tertiary/aromatic N) is 1. The Hall–Kier alpha value is -1.25. The van der Waals surface area contributed by atoms with Gasteiger partial charge in [-0.1, -0.05) is 33.0 Å². The number of anilines is 1. The summed E-state index contributed by atoms with van der Waals surface area (Å²) in [5, 5.41) is 12.9. The van der Waals surface area contributed by atoms with Gasteiger partial charge in [0.2, 0.25) is 5.91 Å². The maximum atomic E-state index is 11.9. The summed E-state index contributed by atoms with van der Waals surface area (Å²) in [5.74, 6) is 0.425. The van der Waals surface area contributed by atoms with Crippen molar-refractivity contribution in [1.29, 1.82) is 5.26 Å². The zero-order chi connectivity index (χ0) is 14.9. The SMILES string of the molecule is CC1CCc2c(C#N)c(NC(=O)C(C)C)sc(=S)c2C1. The van der Waals surface area contributed by atoms with Gasteiger partial charge in [0, 0.05) is 5.92 Å². The van der Waals surface area contributed by atoms with E-state index in [1.807, 2.05) is 13.8 Å². The quantitative estimate of drug-likeness (QED) is 0.838. The first-order chi connectivity index (χ1) is 9.43. The van der Waals surface area contributed by atoms with Crippen molar-refractivity contribution in [3.63, 3.8) is 0 Å². The lowest BCUT2D eigenvalue weighted by Gasteiger charge is -2.23. The molecule has 0 fully saturated rings. The normalized spacial score (nSPS) is 17.4. The Bertz CT molecular complexity index is 640. The number of carbonyl (C=O) groups is 1. The molecule has 0 spiro atoms. The van der Waals surface area contributed by atoms with Crippen LogP contribution in [0.25, 0.3) is 0 Å². The molecule has 1 amide bonds. The maximum absolute atomic E-state index is 11.9. The number of carbonyl (C=O) groups excluding carboxylic acids is 1. The molecular weight excluding hydrogens is 288 g/mol. The van der Waals surface area contributed by atoms with Gasteiger partial charge in [0.15, 0.2) is 0 Å². The Morgan fingerprint density at radius 3 is 2.80 bits per heavy atom. The molecule has 1 aromatic rings. The van der Waals surface area contributed by atoms with Crippen LogP contribution in [-0.2, 0) is 17.6 Å². The van der Waals surface area contributed by atoms with Crippen LogP contribution in [0.3, 0.4) is 0 Å². The van der Waals surface area contributed by atoms with Crippen LogP contribution >= 0.6 is 23.6 Å². The molecule has 0 radical (unpaired) electrons. The molecule has 1 N–H and O–H groups in total. The molecule has 106 valence electrons. The Morgan fingerprint density at radius 1 is 1.50 bits per heavy atom. The number of nitriles is 1. The average Bonchev–Trinajstić information content (AvgIpc) is 2.39. The van der Waals surface area contributed by atoms with Crippen LogP contribution in [0.2, 0.25) is 0 Å². The molecule has 0 aromatic carbocycles. The average molecular weight is 306 g/mol. The molecule has 1 heterocycles. The lowest BCUT2D eigenvalue weighted by molar-refractivity contribution is -0.118. The molecule has 3 nitrogen and oxygen atoms in total. The van der Waals surface area contributed by atoms with E-state index in [2.05, 4.69) is 18.3 Å². The van der Waals surface area contributed by atoms with E-state index >= 15 is 0 Å². The largest absolute Gasteiger partial charge is 0.316 e. The van der Waals surface area contributed by atoms with Crippen molar-refractivity contribution in [2.24, 2.45) is 11.8 Å². The third-order valence-electron chi connectivity index (χ3n) is 3.65. The second-order valence-corrected chi connectivity index (χ2v) is 7.34. The number of hydrogen-bond acceptors (Lipinski definition) is 4. The molecule has 0 saturated carbocycles. The minimum atomic E-state index is -0.113. The van der Waals surface area contributed by atoms with E-state index in [4.69, 9.17) is 12.2 Å². The summed E-state index contributed by atoms with van der Waals surface area (Å²) >= 11 is 6.81. The predicted octanol–water partition coefficient (Wildman–Crippen LogP) is 4.07. The zero-order valence-electron chi connectivity index (χ0n) is 11.9. The molecule has 1 unspecified atom stereocenters. The molecule has 1 aliphatic rings. The van der Waals surface area contributed by atoms with Gasteiger partial charge in [0.25, 0.3) is 0 Å². The standard InChI is InChI=1S/C15H18N2OS2/c1-8(2)13(18)17-14-12(7-16)10-5-4-9(3)6-11(10)15(19)20-14/h8-9H,4-6H2,1-3H3,(H,17,18). The lowest BCUT2D eigenvalue weighted by Crippen LogP contribution is -2.20. The Morgan fingerprint density at radius 2 is 2.20 bits per heavy atom. The number of amides is 1. The van der Waals surface area contributed by atoms with E-state index in [0.29, 0.717) is 16.5 Å². The van der Waals surface area contributed by atoms with Crippen molar-refractivity contribution >= 4 is 34.5 Å². The van der Waals surface area contributed by atoms with Crippen molar-refractivity contribution in [1.82, 2.24) is 0 Å². The Kier molecular flexibility index (Phi) is 4.56. The molecule has 0 bridgehead atoms. The molecule has 1 aromatic heterocycles. The Balaban J connectivity index is 2.50. The van der Waals surface area contributed by atoms with Crippen molar-refractivity contribution in [3.05, 3.63) is 20.5 Å².